The van der Waals surface area contributed by atoms with Gasteiger partial charge in [0.2, 0.25) is 0 Å². The smallest absolute Gasteiger partial charge is 0.103 e. The largest absolute Gasteiger partial charge is 0.394 e. The van der Waals surface area contributed by atoms with Gasteiger partial charge < -0.3 is 5.11 Å². The van der Waals surface area contributed by atoms with Crippen LogP contribution in [0.3, 0.4) is 0 Å². The number of aromatic nitrogens is 4. The molecule has 4 aromatic rings. The van der Waals surface area contributed by atoms with Gasteiger partial charge in [-0.15, -0.1) is 0 Å². The number of aliphatic hydroxyl groups excluding tert-OH is 1. The Morgan fingerprint density at radius 3 is 2.50 bits per heavy atom. The van der Waals surface area contributed by atoms with Gasteiger partial charge in [-0.05, 0) is 32.0 Å². The first kappa shape index (κ1) is 19.7. The lowest BCUT2D eigenvalue weighted by molar-refractivity contribution is 0.152. The van der Waals surface area contributed by atoms with Gasteiger partial charge in [0.25, 0.3) is 0 Å². The molecule has 148 valence electrons. The predicted octanol–water partition coefficient (Wildman–Crippen LogP) is 3.82. The molecule has 0 aliphatic heterocycles. The highest BCUT2D eigenvalue weighted by Gasteiger charge is 2.21. The highest BCUT2D eigenvalue weighted by Crippen LogP contribution is 2.37. The third-order valence-electron chi connectivity index (χ3n) is 4.85. The Morgan fingerprint density at radius 2 is 1.77 bits per heavy atom. The van der Waals surface area contributed by atoms with Crippen molar-refractivity contribution >= 4 is 17.3 Å². The lowest BCUT2D eigenvalue weighted by atomic mass is 10.1. The molecule has 0 aliphatic rings. The molecule has 3 aromatic heterocycles. The summed E-state index contributed by atoms with van der Waals surface area (Å²) in [5.74, 6) is 0. The monoisotopic (exact) mass is 414 g/mol. The van der Waals surface area contributed by atoms with Crippen LogP contribution >= 0.6 is 11.8 Å². The second kappa shape index (κ2) is 7.68. The van der Waals surface area contributed by atoms with Crippen molar-refractivity contribution in [2.75, 3.05) is 6.61 Å². The van der Waals surface area contributed by atoms with Crippen molar-refractivity contribution in [2.45, 2.75) is 29.2 Å². The third-order valence-corrected chi connectivity index (χ3v) is 5.95. The minimum absolute atomic E-state index is 0.0378. The third kappa shape index (κ3) is 3.43. The van der Waals surface area contributed by atoms with E-state index >= 15 is 0 Å². The van der Waals surface area contributed by atoms with Crippen LogP contribution in [-0.2, 0) is 5.54 Å². The average molecular weight is 414 g/mol. The zero-order valence-corrected chi connectivity index (χ0v) is 17.3. The van der Waals surface area contributed by atoms with E-state index < -0.39 is 5.54 Å². The van der Waals surface area contributed by atoms with Gasteiger partial charge in [-0.2, -0.15) is 20.7 Å². The first-order valence-electron chi connectivity index (χ1n) is 9.21. The number of rotatable bonds is 5. The van der Waals surface area contributed by atoms with Crippen molar-refractivity contribution in [1.82, 2.24) is 19.4 Å². The van der Waals surface area contributed by atoms with Crippen LogP contribution < -0.4 is 0 Å². The summed E-state index contributed by atoms with van der Waals surface area (Å²) in [6.07, 6.45) is 7.01. The molecule has 7 nitrogen and oxygen atoms in total. The van der Waals surface area contributed by atoms with Crippen LogP contribution in [-0.4, -0.2) is 31.1 Å². The van der Waals surface area contributed by atoms with Gasteiger partial charge in [0.15, 0.2) is 0 Å². The summed E-state index contributed by atoms with van der Waals surface area (Å²) in [5, 5.41) is 37.3. The Balaban J connectivity index is 1.86. The minimum atomic E-state index is -0.522. The van der Waals surface area contributed by atoms with Crippen molar-refractivity contribution in [2.24, 2.45) is 0 Å². The van der Waals surface area contributed by atoms with E-state index in [4.69, 9.17) is 0 Å². The summed E-state index contributed by atoms with van der Waals surface area (Å²) >= 11 is 1.43. The summed E-state index contributed by atoms with van der Waals surface area (Å²) in [7, 11) is 0. The van der Waals surface area contributed by atoms with Gasteiger partial charge in [-0.25, -0.2) is 4.52 Å². The van der Waals surface area contributed by atoms with E-state index in [-0.39, 0.29) is 6.61 Å². The van der Waals surface area contributed by atoms with Gasteiger partial charge >= 0.3 is 0 Å². The van der Waals surface area contributed by atoms with Crippen molar-refractivity contribution in [3.63, 3.8) is 0 Å². The second-order valence-corrected chi connectivity index (χ2v) is 8.49. The molecule has 4 rings (SSSR count). The van der Waals surface area contributed by atoms with E-state index in [1.54, 1.807) is 21.5 Å². The molecule has 0 amide bonds. The van der Waals surface area contributed by atoms with Gasteiger partial charge in [-0.1, -0.05) is 23.9 Å². The average Bonchev–Trinajstić information content (AvgIpc) is 3.42. The van der Waals surface area contributed by atoms with Crippen molar-refractivity contribution < 1.29 is 5.11 Å². The van der Waals surface area contributed by atoms with Crippen molar-refractivity contribution in [3.8, 4) is 23.3 Å². The molecule has 0 fully saturated rings. The molecule has 3 heterocycles. The normalized spacial score (nSPS) is 11.4. The maximum absolute atomic E-state index is 9.62. The molecule has 0 saturated heterocycles. The number of hydrogen-bond acceptors (Lipinski definition) is 6. The predicted molar refractivity (Wildman–Crippen MR) is 113 cm³/mol. The molecule has 8 heteroatoms. The van der Waals surface area contributed by atoms with E-state index in [9.17, 15) is 15.6 Å². The molecule has 0 aliphatic carbocycles. The fourth-order valence-corrected chi connectivity index (χ4v) is 4.14. The van der Waals surface area contributed by atoms with Crippen LogP contribution in [0.15, 0.2) is 64.9 Å². The van der Waals surface area contributed by atoms with Crippen LogP contribution in [0.25, 0.3) is 16.6 Å². The van der Waals surface area contributed by atoms with Crippen LogP contribution in [0.1, 0.15) is 25.0 Å². The number of pyridine rings is 1. The lowest BCUT2D eigenvalue weighted by Gasteiger charge is -2.22. The van der Waals surface area contributed by atoms with E-state index in [0.29, 0.717) is 16.6 Å². The Morgan fingerprint density at radius 1 is 1.00 bits per heavy atom. The second-order valence-electron chi connectivity index (χ2n) is 7.41. The Bertz CT molecular complexity index is 1320. The molecular weight excluding hydrogens is 396 g/mol. The van der Waals surface area contributed by atoms with Gasteiger partial charge in [0.1, 0.15) is 12.1 Å². The van der Waals surface area contributed by atoms with Gasteiger partial charge in [-0.3, -0.25) is 4.68 Å². The van der Waals surface area contributed by atoms with Crippen LogP contribution in [0.2, 0.25) is 0 Å². The van der Waals surface area contributed by atoms with E-state index in [0.717, 1.165) is 20.9 Å². The maximum atomic E-state index is 9.62. The molecule has 1 aromatic carbocycles. The van der Waals surface area contributed by atoms with E-state index in [1.807, 2.05) is 50.5 Å². The topological polar surface area (TPSA) is 103 Å². The van der Waals surface area contributed by atoms with Gasteiger partial charge in [0.05, 0.1) is 41.2 Å². The van der Waals surface area contributed by atoms with E-state index in [2.05, 4.69) is 22.3 Å². The number of nitriles is 2. The first-order valence-corrected chi connectivity index (χ1v) is 10.0. The fraction of sp³-hybridized carbons (Fsp3) is 0.182. The lowest BCUT2D eigenvalue weighted by Crippen LogP contribution is -2.30. The number of hydrogen-bond donors (Lipinski definition) is 1. The molecule has 0 radical (unpaired) electrons. The summed E-state index contributed by atoms with van der Waals surface area (Å²) in [6, 6.07) is 13.7. The molecule has 0 bridgehead atoms. The Labute approximate surface area is 177 Å². The molecule has 1 N–H and O–H groups in total. The molecule has 0 atom stereocenters. The van der Waals surface area contributed by atoms with Gasteiger partial charge in [0, 0.05) is 33.3 Å². The maximum Gasteiger partial charge on any atom is 0.103 e. The summed E-state index contributed by atoms with van der Waals surface area (Å²) < 4.78 is 3.41. The van der Waals surface area contributed by atoms with E-state index in [1.165, 1.54) is 18.0 Å². The Hall–Kier alpha value is -3.59. The van der Waals surface area contributed by atoms with Crippen LogP contribution in [0.4, 0.5) is 0 Å². The number of nitrogens with zero attached hydrogens (tertiary/aromatic N) is 6. The highest BCUT2D eigenvalue weighted by atomic mass is 32.2. The summed E-state index contributed by atoms with van der Waals surface area (Å²) in [6.45, 7) is 3.77. The summed E-state index contributed by atoms with van der Waals surface area (Å²) in [4.78, 5) is 1.62. The fourth-order valence-electron chi connectivity index (χ4n) is 3.04. The van der Waals surface area contributed by atoms with Crippen LogP contribution in [0, 0.1) is 22.7 Å². The molecule has 0 spiro atoms. The molecule has 30 heavy (non-hydrogen) atoms. The molecular formula is C22H18N6OS. The first-order chi connectivity index (χ1) is 14.5. The minimum Gasteiger partial charge on any atom is -0.394 e. The molecule has 0 unspecified atom stereocenters. The molecule has 0 saturated carbocycles. The van der Waals surface area contributed by atoms with Crippen molar-refractivity contribution in [1.29, 1.82) is 10.5 Å². The summed E-state index contributed by atoms with van der Waals surface area (Å²) in [5.41, 5.74) is 2.94. The standard InChI is InChI=1S/C22H18N6OS/c1-22(2,14-29)28-13-18(11-26-28)16-7-20(21-17(9-24)10-25-27(21)12-16)30-19-6-4-3-5-15(19)8-23/h3-7,10-13,29H,14H2,1-2H3. The van der Waals surface area contributed by atoms with Crippen LogP contribution in [0.5, 0.6) is 0 Å². The quantitative estimate of drug-likeness (QED) is 0.532. The highest BCUT2D eigenvalue weighted by molar-refractivity contribution is 7.99. The number of aliphatic hydroxyl groups is 1. The zero-order chi connectivity index (χ0) is 21.3. The Kier molecular flexibility index (Phi) is 5.04. The SMILES string of the molecule is CC(C)(CO)n1cc(-c2cc(Sc3ccccc3C#N)c3c(C#N)cnn3c2)cn1. The number of fused-ring (bicyclic) bond motifs is 1. The number of benzene rings is 1. The van der Waals surface area contributed by atoms with Crippen molar-refractivity contribution in [3.05, 3.63) is 66.2 Å². The zero-order valence-electron chi connectivity index (χ0n) is 16.4.